The lowest BCUT2D eigenvalue weighted by Gasteiger charge is -2.17. The van der Waals surface area contributed by atoms with Crippen LogP contribution in [0.3, 0.4) is 0 Å². The molecule has 21 heavy (non-hydrogen) atoms. The van der Waals surface area contributed by atoms with Gasteiger partial charge in [0.1, 0.15) is 12.3 Å². The van der Waals surface area contributed by atoms with Gasteiger partial charge in [0.15, 0.2) is 0 Å². The first kappa shape index (κ1) is 15.4. The highest BCUT2D eigenvalue weighted by Crippen LogP contribution is 2.09. The second-order valence-electron chi connectivity index (χ2n) is 5.26. The molecule has 2 N–H and O–H groups in total. The van der Waals surface area contributed by atoms with Crippen LogP contribution in [0.5, 0.6) is 0 Å². The fourth-order valence-corrected chi connectivity index (χ4v) is 2.25. The fraction of sp³-hybridized carbons (Fsp3) is 0.571. The van der Waals surface area contributed by atoms with Crippen molar-refractivity contribution in [2.75, 3.05) is 39.8 Å². The average Bonchev–Trinajstić information content (AvgIpc) is 3.09. The van der Waals surface area contributed by atoms with Crippen LogP contribution in [0.4, 0.5) is 4.79 Å². The molecule has 1 aromatic heterocycles. The summed E-state index contributed by atoms with van der Waals surface area (Å²) >= 11 is 0. The molecule has 0 bridgehead atoms. The van der Waals surface area contributed by atoms with Crippen molar-refractivity contribution in [2.24, 2.45) is 5.92 Å². The van der Waals surface area contributed by atoms with Crippen LogP contribution in [0, 0.1) is 5.92 Å². The molecular weight excluding hydrogens is 274 g/mol. The molecule has 1 aromatic rings. The number of nitrogens with zero attached hydrogens (tertiary/aromatic N) is 2. The van der Waals surface area contributed by atoms with Crippen molar-refractivity contribution in [2.45, 2.75) is 6.42 Å². The van der Waals surface area contributed by atoms with Gasteiger partial charge in [-0.15, -0.1) is 0 Å². The van der Waals surface area contributed by atoms with E-state index in [2.05, 4.69) is 5.32 Å². The van der Waals surface area contributed by atoms with Gasteiger partial charge in [0.25, 0.3) is 0 Å². The summed E-state index contributed by atoms with van der Waals surface area (Å²) in [7, 11) is 1.71. The summed E-state index contributed by atoms with van der Waals surface area (Å²) in [6.07, 6.45) is 2.15. The van der Waals surface area contributed by atoms with E-state index in [-0.39, 0.29) is 31.0 Å². The van der Waals surface area contributed by atoms with Crippen molar-refractivity contribution >= 4 is 11.9 Å². The third-order valence-electron chi connectivity index (χ3n) is 3.55. The Morgan fingerprint density at radius 1 is 1.52 bits per heavy atom. The van der Waals surface area contributed by atoms with Crippen LogP contribution in [0.15, 0.2) is 22.8 Å². The van der Waals surface area contributed by atoms with Crippen LogP contribution in [-0.2, 0) is 11.2 Å². The molecule has 1 fully saturated rings. The Balaban J connectivity index is 1.73. The predicted molar refractivity (Wildman–Crippen MR) is 75.6 cm³/mol. The molecule has 0 aromatic carbocycles. The lowest BCUT2D eigenvalue weighted by atomic mass is 10.1. The molecule has 116 valence electrons. The van der Waals surface area contributed by atoms with Gasteiger partial charge in [-0.2, -0.15) is 0 Å². The van der Waals surface area contributed by atoms with E-state index >= 15 is 0 Å². The minimum Gasteiger partial charge on any atom is -0.469 e. The number of nitrogens with one attached hydrogen (secondary N) is 1. The highest BCUT2D eigenvalue weighted by Gasteiger charge is 2.26. The number of rotatable bonds is 7. The van der Waals surface area contributed by atoms with E-state index in [1.165, 1.54) is 4.90 Å². The number of hydrogen-bond acceptors (Lipinski definition) is 4. The molecule has 0 spiro atoms. The van der Waals surface area contributed by atoms with Gasteiger partial charge in [-0.3, -0.25) is 4.79 Å². The molecule has 0 unspecified atom stereocenters. The zero-order chi connectivity index (χ0) is 15.2. The first-order valence-corrected chi connectivity index (χ1v) is 7.00. The fourth-order valence-electron chi connectivity index (χ4n) is 2.25. The Morgan fingerprint density at radius 3 is 2.90 bits per heavy atom. The number of urea groups is 1. The average molecular weight is 295 g/mol. The summed E-state index contributed by atoms with van der Waals surface area (Å²) in [4.78, 5) is 26.6. The maximum Gasteiger partial charge on any atom is 0.320 e. The van der Waals surface area contributed by atoms with E-state index in [0.717, 1.165) is 5.76 Å². The second kappa shape index (κ2) is 7.12. The molecule has 0 saturated carbocycles. The van der Waals surface area contributed by atoms with Gasteiger partial charge in [0.05, 0.1) is 6.26 Å². The molecule has 1 atom stereocenters. The van der Waals surface area contributed by atoms with Gasteiger partial charge < -0.3 is 24.6 Å². The molecule has 1 saturated heterocycles. The Morgan fingerprint density at radius 2 is 2.33 bits per heavy atom. The number of amides is 3. The Labute approximate surface area is 123 Å². The quantitative estimate of drug-likeness (QED) is 0.736. The van der Waals surface area contributed by atoms with Gasteiger partial charge in [-0.25, -0.2) is 4.79 Å². The molecule has 0 aliphatic carbocycles. The van der Waals surface area contributed by atoms with Crippen molar-refractivity contribution in [1.82, 2.24) is 15.1 Å². The van der Waals surface area contributed by atoms with Crippen molar-refractivity contribution in [3.63, 3.8) is 0 Å². The van der Waals surface area contributed by atoms with Crippen LogP contribution in [0.25, 0.3) is 0 Å². The van der Waals surface area contributed by atoms with E-state index in [1.54, 1.807) is 24.3 Å². The summed E-state index contributed by atoms with van der Waals surface area (Å²) in [6.45, 7) is 1.59. The van der Waals surface area contributed by atoms with Crippen LogP contribution in [0.1, 0.15) is 5.76 Å². The first-order valence-electron chi connectivity index (χ1n) is 7.00. The molecule has 2 heterocycles. The van der Waals surface area contributed by atoms with Gasteiger partial charge in [-0.1, -0.05) is 0 Å². The Hall–Kier alpha value is -2.02. The molecular formula is C14H21N3O4. The van der Waals surface area contributed by atoms with Crippen molar-refractivity contribution in [3.8, 4) is 0 Å². The van der Waals surface area contributed by atoms with Crippen LogP contribution >= 0.6 is 0 Å². The normalized spacial score (nSPS) is 16.4. The topological polar surface area (TPSA) is 86.0 Å². The summed E-state index contributed by atoms with van der Waals surface area (Å²) in [5.41, 5.74) is 0. The van der Waals surface area contributed by atoms with Crippen molar-refractivity contribution in [1.29, 1.82) is 0 Å². The maximum atomic E-state index is 11.8. The maximum absolute atomic E-state index is 11.8. The number of carbonyl (C=O) groups is 2. The third kappa shape index (κ3) is 4.22. The molecule has 1 aliphatic rings. The lowest BCUT2D eigenvalue weighted by Crippen LogP contribution is -2.41. The van der Waals surface area contributed by atoms with Gasteiger partial charge in [0, 0.05) is 45.6 Å². The number of aliphatic hydroxyl groups excluding tert-OH is 1. The number of likely N-dealkylation sites (N-methyl/N-ethyl adjacent to an activating group) is 1. The van der Waals surface area contributed by atoms with Crippen LogP contribution in [0.2, 0.25) is 0 Å². The van der Waals surface area contributed by atoms with E-state index in [9.17, 15) is 14.7 Å². The Bertz CT molecular complexity index is 475. The number of carbonyl (C=O) groups excluding carboxylic acids is 2. The van der Waals surface area contributed by atoms with Gasteiger partial charge in [0.2, 0.25) is 5.91 Å². The second-order valence-corrected chi connectivity index (χ2v) is 5.26. The van der Waals surface area contributed by atoms with E-state index < -0.39 is 0 Å². The van der Waals surface area contributed by atoms with Crippen LogP contribution in [-0.4, -0.2) is 66.7 Å². The van der Waals surface area contributed by atoms with E-state index in [1.807, 2.05) is 6.07 Å². The van der Waals surface area contributed by atoms with E-state index in [4.69, 9.17) is 4.42 Å². The zero-order valence-electron chi connectivity index (χ0n) is 12.1. The van der Waals surface area contributed by atoms with Crippen molar-refractivity contribution in [3.05, 3.63) is 24.2 Å². The summed E-state index contributed by atoms with van der Waals surface area (Å²) < 4.78 is 5.22. The molecule has 7 heteroatoms. The first-order chi connectivity index (χ1) is 10.1. The smallest absolute Gasteiger partial charge is 0.320 e. The van der Waals surface area contributed by atoms with E-state index in [0.29, 0.717) is 26.1 Å². The Kier molecular flexibility index (Phi) is 5.21. The molecule has 7 nitrogen and oxygen atoms in total. The molecule has 1 aliphatic heterocycles. The monoisotopic (exact) mass is 295 g/mol. The minimum atomic E-state index is -0.212. The molecule has 2 rings (SSSR count). The van der Waals surface area contributed by atoms with Gasteiger partial charge in [-0.05, 0) is 12.1 Å². The third-order valence-corrected chi connectivity index (χ3v) is 3.55. The van der Waals surface area contributed by atoms with Crippen molar-refractivity contribution < 1.29 is 19.1 Å². The number of hydrogen-bond donors (Lipinski definition) is 2. The summed E-state index contributed by atoms with van der Waals surface area (Å²) in [5, 5.41) is 12.1. The zero-order valence-corrected chi connectivity index (χ0v) is 12.1. The standard InChI is InChI=1S/C14H21N3O4/c1-16-4-5-17(14(16)20)9-13(19)15-8-11(10-18)7-12-3-2-6-21-12/h2-3,6,11,18H,4-5,7-10H2,1H3,(H,15,19)/t11-/m1/s1. The number of aliphatic hydroxyl groups is 1. The highest BCUT2D eigenvalue weighted by molar-refractivity contribution is 5.84. The SMILES string of the molecule is CN1CCN(CC(=O)NC[C@H](CO)Cc2ccco2)C1=O. The lowest BCUT2D eigenvalue weighted by molar-refractivity contribution is -0.121. The van der Waals surface area contributed by atoms with Crippen LogP contribution < -0.4 is 5.32 Å². The summed E-state index contributed by atoms with van der Waals surface area (Å²) in [6, 6.07) is 3.50. The minimum absolute atomic E-state index is 0.0354. The predicted octanol–water partition coefficient (Wildman–Crippen LogP) is -0.0858. The molecule has 0 radical (unpaired) electrons. The largest absolute Gasteiger partial charge is 0.469 e. The molecule has 3 amide bonds. The van der Waals surface area contributed by atoms with Gasteiger partial charge >= 0.3 is 6.03 Å². The summed E-state index contributed by atoms with van der Waals surface area (Å²) in [5.74, 6) is 0.466. The number of furan rings is 1. The highest BCUT2D eigenvalue weighted by atomic mass is 16.3.